The molecule has 2 atom stereocenters. The largest absolute Gasteiger partial charge is 0.464 e. The number of alkyl carbamates (subject to hydrolysis) is 1. The maximum Gasteiger partial charge on any atom is 0.408 e. The molecule has 0 spiro atoms. The van der Waals surface area contributed by atoms with Crippen molar-refractivity contribution in [1.82, 2.24) is 5.32 Å². The first-order valence-corrected chi connectivity index (χ1v) is 9.60. The first-order chi connectivity index (χ1) is 14.1. The molecule has 2 rings (SSSR count). The van der Waals surface area contributed by atoms with E-state index in [0.717, 1.165) is 16.7 Å². The van der Waals surface area contributed by atoms with E-state index in [1.165, 1.54) is 25.1 Å². The Kier molecular flexibility index (Phi) is 7.52. The molecule has 30 heavy (non-hydrogen) atoms. The van der Waals surface area contributed by atoms with Crippen LogP contribution in [0.3, 0.4) is 0 Å². The fraction of sp³-hybridized carbons (Fsp3) is 0.364. The van der Waals surface area contributed by atoms with E-state index in [9.17, 15) is 19.7 Å². The van der Waals surface area contributed by atoms with E-state index in [2.05, 4.69) is 5.32 Å². The number of carbonyl (C=O) groups excluding carboxylic acids is 2. The summed E-state index contributed by atoms with van der Waals surface area (Å²) in [5.74, 6) is -0.608. The number of benzene rings is 2. The van der Waals surface area contributed by atoms with Gasteiger partial charge >= 0.3 is 12.1 Å². The van der Waals surface area contributed by atoms with Gasteiger partial charge in [-0.15, -0.1) is 0 Å². The molecule has 0 heterocycles. The van der Waals surface area contributed by atoms with Crippen LogP contribution in [0.2, 0.25) is 0 Å². The minimum atomic E-state index is -1.06. The first-order valence-electron chi connectivity index (χ1n) is 9.60. The molecule has 0 fully saturated rings. The number of nitrogens with zero attached hydrogens (tertiary/aromatic N) is 1. The van der Waals surface area contributed by atoms with Crippen molar-refractivity contribution in [2.75, 3.05) is 6.61 Å². The predicted octanol–water partition coefficient (Wildman–Crippen LogP) is 4.61. The van der Waals surface area contributed by atoms with Gasteiger partial charge in [0.05, 0.1) is 17.1 Å². The van der Waals surface area contributed by atoms with Gasteiger partial charge in [-0.3, -0.25) is 10.1 Å². The lowest BCUT2D eigenvalue weighted by Gasteiger charge is -2.23. The Balaban J connectivity index is 2.28. The highest BCUT2D eigenvalue weighted by Crippen LogP contribution is 2.28. The number of hydrogen-bond donors (Lipinski definition) is 1. The summed E-state index contributed by atoms with van der Waals surface area (Å²) < 4.78 is 10.5. The molecule has 0 aliphatic rings. The molecule has 0 saturated carbocycles. The SMILES string of the molecule is CCOC(=O)C(NC(=O)OC(C)c1ccccc1[N+](=O)[O-])c1c(C)cc(C)cc1C. The quantitative estimate of drug-likeness (QED) is 0.403. The Bertz CT molecular complexity index is 933. The molecule has 8 nitrogen and oxygen atoms in total. The van der Waals surface area contributed by atoms with Crippen LogP contribution in [-0.2, 0) is 14.3 Å². The maximum atomic E-state index is 12.6. The van der Waals surface area contributed by atoms with E-state index < -0.39 is 29.1 Å². The molecule has 0 bridgehead atoms. The van der Waals surface area contributed by atoms with Crippen LogP contribution in [0.5, 0.6) is 0 Å². The van der Waals surface area contributed by atoms with E-state index >= 15 is 0 Å². The number of aryl methyl sites for hydroxylation is 3. The zero-order chi connectivity index (χ0) is 22.4. The van der Waals surface area contributed by atoms with Crippen molar-refractivity contribution in [3.05, 3.63) is 74.3 Å². The van der Waals surface area contributed by atoms with Crippen molar-refractivity contribution >= 4 is 17.7 Å². The molecule has 0 radical (unpaired) electrons. The Labute approximate surface area is 175 Å². The van der Waals surface area contributed by atoms with E-state index in [1.807, 2.05) is 32.9 Å². The summed E-state index contributed by atoms with van der Waals surface area (Å²) in [6.45, 7) is 9.01. The molecule has 160 valence electrons. The third-order valence-corrected chi connectivity index (χ3v) is 4.67. The van der Waals surface area contributed by atoms with E-state index in [4.69, 9.17) is 9.47 Å². The molecule has 1 N–H and O–H groups in total. The molecule has 8 heteroatoms. The topological polar surface area (TPSA) is 108 Å². The van der Waals surface area contributed by atoms with Crippen LogP contribution in [0.25, 0.3) is 0 Å². The second kappa shape index (κ2) is 9.87. The van der Waals surface area contributed by atoms with Crippen LogP contribution in [0.15, 0.2) is 36.4 Å². The Morgan fingerprint density at radius 1 is 1.13 bits per heavy atom. The van der Waals surface area contributed by atoms with Gasteiger partial charge in [0, 0.05) is 6.07 Å². The van der Waals surface area contributed by atoms with Crippen molar-refractivity contribution in [3.63, 3.8) is 0 Å². The number of rotatable bonds is 7. The summed E-state index contributed by atoms with van der Waals surface area (Å²) in [7, 11) is 0. The standard InChI is InChI=1S/C22H26N2O6/c1-6-29-21(25)20(19-14(3)11-13(2)12-15(19)4)23-22(26)30-16(5)17-9-7-8-10-18(17)24(27)28/h7-12,16,20H,6H2,1-5H3,(H,23,26). The molecule has 0 aliphatic heterocycles. The molecule has 2 unspecified atom stereocenters. The van der Waals surface area contributed by atoms with Crippen molar-refractivity contribution in [2.24, 2.45) is 0 Å². The Hall–Kier alpha value is -3.42. The normalized spacial score (nSPS) is 12.6. The molecule has 0 aliphatic carbocycles. The highest BCUT2D eigenvalue weighted by atomic mass is 16.6. The smallest absolute Gasteiger partial charge is 0.408 e. The molecular weight excluding hydrogens is 388 g/mol. The number of carbonyl (C=O) groups is 2. The first kappa shape index (κ1) is 22.9. The summed E-state index contributed by atoms with van der Waals surface area (Å²) in [5, 5.41) is 13.8. The van der Waals surface area contributed by atoms with Crippen LogP contribution < -0.4 is 5.32 Å². The third-order valence-electron chi connectivity index (χ3n) is 4.67. The highest BCUT2D eigenvalue weighted by molar-refractivity contribution is 5.83. The lowest BCUT2D eigenvalue weighted by molar-refractivity contribution is -0.386. The summed E-state index contributed by atoms with van der Waals surface area (Å²) >= 11 is 0. The predicted molar refractivity (Wildman–Crippen MR) is 111 cm³/mol. The second-order valence-corrected chi connectivity index (χ2v) is 7.01. The third kappa shape index (κ3) is 5.34. The van der Waals surface area contributed by atoms with E-state index in [-0.39, 0.29) is 17.9 Å². The van der Waals surface area contributed by atoms with Crippen molar-refractivity contribution in [2.45, 2.75) is 46.8 Å². The number of nitrogens with one attached hydrogen (secondary N) is 1. The number of nitro benzene ring substituents is 1. The van der Waals surface area contributed by atoms with Crippen molar-refractivity contribution in [3.8, 4) is 0 Å². The van der Waals surface area contributed by atoms with E-state index in [0.29, 0.717) is 5.56 Å². The van der Waals surface area contributed by atoms with Crippen LogP contribution in [0.1, 0.15) is 53.8 Å². The van der Waals surface area contributed by atoms with Crippen LogP contribution in [0.4, 0.5) is 10.5 Å². The fourth-order valence-corrected chi connectivity index (χ4v) is 3.49. The van der Waals surface area contributed by atoms with Crippen LogP contribution in [0, 0.1) is 30.9 Å². The fourth-order valence-electron chi connectivity index (χ4n) is 3.49. The van der Waals surface area contributed by atoms with Gasteiger partial charge in [0.25, 0.3) is 5.69 Å². The molecular formula is C22H26N2O6. The molecule has 2 aromatic carbocycles. The number of esters is 1. The second-order valence-electron chi connectivity index (χ2n) is 7.01. The minimum Gasteiger partial charge on any atom is -0.464 e. The van der Waals surface area contributed by atoms with Gasteiger partial charge in [-0.2, -0.15) is 0 Å². The Morgan fingerprint density at radius 3 is 2.30 bits per heavy atom. The number of para-hydroxylation sites is 1. The Morgan fingerprint density at radius 2 is 1.73 bits per heavy atom. The van der Waals surface area contributed by atoms with E-state index in [1.54, 1.807) is 13.0 Å². The van der Waals surface area contributed by atoms with Gasteiger partial charge in [0.2, 0.25) is 0 Å². The minimum absolute atomic E-state index is 0.148. The molecule has 2 aromatic rings. The average molecular weight is 414 g/mol. The van der Waals surface area contributed by atoms with Crippen LogP contribution >= 0.6 is 0 Å². The van der Waals surface area contributed by atoms with Gasteiger partial charge in [-0.1, -0.05) is 29.8 Å². The average Bonchev–Trinajstić information content (AvgIpc) is 2.66. The number of nitro groups is 1. The van der Waals surface area contributed by atoms with Crippen molar-refractivity contribution < 1.29 is 24.0 Å². The highest BCUT2D eigenvalue weighted by Gasteiger charge is 2.29. The van der Waals surface area contributed by atoms with Gasteiger partial charge in [0.15, 0.2) is 6.04 Å². The molecule has 1 amide bonds. The lowest BCUT2D eigenvalue weighted by atomic mass is 9.94. The summed E-state index contributed by atoms with van der Waals surface area (Å²) in [4.78, 5) is 35.9. The number of ether oxygens (including phenoxy) is 2. The zero-order valence-electron chi connectivity index (χ0n) is 17.7. The molecule has 0 aromatic heterocycles. The number of amides is 1. The summed E-state index contributed by atoms with van der Waals surface area (Å²) in [5.41, 5.74) is 3.44. The lowest BCUT2D eigenvalue weighted by Crippen LogP contribution is -2.36. The number of hydrogen-bond acceptors (Lipinski definition) is 6. The van der Waals surface area contributed by atoms with Gasteiger partial charge in [0.1, 0.15) is 6.10 Å². The van der Waals surface area contributed by atoms with Crippen molar-refractivity contribution in [1.29, 1.82) is 0 Å². The summed E-state index contributed by atoms with van der Waals surface area (Å²) in [6, 6.07) is 8.79. The summed E-state index contributed by atoms with van der Waals surface area (Å²) in [6.07, 6.45) is -1.77. The maximum absolute atomic E-state index is 12.6. The van der Waals surface area contributed by atoms with Gasteiger partial charge in [-0.05, 0) is 57.4 Å². The van der Waals surface area contributed by atoms with Crippen LogP contribution in [-0.4, -0.2) is 23.6 Å². The van der Waals surface area contributed by atoms with Gasteiger partial charge < -0.3 is 14.8 Å². The monoisotopic (exact) mass is 414 g/mol. The zero-order valence-corrected chi connectivity index (χ0v) is 17.7. The molecule has 0 saturated heterocycles. The van der Waals surface area contributed by atoms with Gasteiger partial charge in [-0.25, -0.2) is 9.59 Å².